The molecular formula is C21H23FN2O4. The SMILES string of the molecule is CCCCc1ccc(NC(=O)COC(=O)CNC(=O)c2ccc(F)cc2)cc1. The average molecular weight is 386 g/mol. The first-order chi connectivity index (χ1) is 13.5. The molecule has 2 aromatic rings. The maximum Gasteiger partial charge on any atom is 0.325 e. The van der Waals surface area contributed by atoms with Crippen LogP contribution in [0.4, 0.5) is 10.1 Å². The van der Waals surface area contributed by atoms with Crippen LogP contribution in [0.3, 0.4) is 0 Å². The lowest BCUT2D eigenvalue weighted by Crippen LogP contribution is -2.32. The molecule has 2 rings (SSSR count). The number of amides is 2. The predicted octanol–water partition coefficient (Wildman–Crippen LogP) is 3.08. The van der Waals surface area contributed by atoms with Crippen LogP contribution < -0.4 is 10.6 Å². The highest BCUT2D eigenvalue weighted by atomic mass is 19.1. The van der Waals surface area contributed by atoms with E-state index < -0.39 is 36.8 Å². The molecule has 0 aliphatic carbocycles. The summed E-state index contributed by atoms with van der Waals surface area (Å²) in [7, 11) is 0. The van der Waals surface area contributed by atoms with Gasteiger partial charge in [-0.3, -0.25) is 14.4 Å². The fourth-order valence-electron chi connectivity index (χ4n) is 2.39. The summed E-state index contributed by atoms with van der Waals surface area (Å²) in [5.41, 5.74) is 2.03. The molecule has 0 aliphatic rings. The van der Waals surface area contributed by atoms with E-state index in [1.807, 2.05) is 12.1 Å². The van der Waals surface area contributed by atoms with Crippen LogP contribution in [0.25, 0.3) is 0 Å². The van der Waals surface area contributed by atoms with Gasteiger partial charge in [0, 0.05) is 11.3 Å². The second kappa shape index (κ2) is 10.8. The Bertz CT molecular complexity index is 804. The van der Waals surface area contributed by atoms with Gasteiger partial charge in [0.1, 0.15) is 12.4 Å². The highest BCUT2D eigenvalue weighted by Gasteiger charge is 2.11. The second-order valence-corrected chi connectivity index (χ2v) is 6.20. The highest BCUT2D eigenvalue weighted by molar-refractivity contribution is 5.96. The van der Waals surface area contributed by atoms with E-state index in [-0.39, 0.29) is 5.56 Å². The summed E-state index contributed by atoms with van der Waals surface area (Å²) in [5.74, 6) is -2.22. The van der Waals surface area contributed by atoms with Crippen molar-refractivity contribution in [2.75, 3.05) is 18.5 Å². The third-order valence-electron chi connectivity index (χ3n) is 3.92. The van der Waals surface area contributed by atoms with Crippen LogP contribution in [0.15, 0.2) is 48.5 Å². The number of nitrogens with one attached hydrogen (secondary N) is 2. The van der Waals surface area contributed by atoms with Gasteiger partial charge in [0.2, 0.25) is 0 Å². The zero-order chi connectivity index (χ0) is 20.4. The first-order valence-corrected chi connectivity index (χ1v) is 9.06. The normalized spacial score (nSPS) is 10.2. The first kappa shape index (κ1) is 21.1. The van der Waals surface area contributed by atoms with Crippen molar-refractivity contribution in [2.45, 2.75) is 26.2 Å². The number of carbonyl (C=O) groups is 3. The summed E-state index contributed by atoms with van der Waals surface area (Å²) in [4.78, 5) is 35.3. The van der Waals surface area contributed by atoms with Gasteiger partial charge in [-0.1, -0.05) is 25.5 Å². The topological polar surface area (TPSA) is 84.5 Å². The van der Waals surface area contributed by atoms with Crippen LogP contribution >= 0.6 is 0 Å². The van der Waals surface area contributed by atoms with Gasteiger partial charge >= 0.3 is 5.97 Å². The van der Waals surface area contributed by atoms with E-state index in [1.165, 1.54) is 17.7 Å². The molecule has 2 aromatic carbocycles. The zero-order valence-corrected chi connectivity index (χ0v) is 15.7. The number of unbranched alkanes of at least 4 members (excludes halogenated alkanes) is 1. The Morgan fingerprint density at radius 3 is 2.32 bits per heavy atom. The van der Waals surface area contributed by atoms with Crippen LogP contribution in [0.2, 0.25) is 0 Å². The Morgan fingerprint density at radius 2 is 1.68 bits per heavy atom. The van der Waals surface area contributed by atoms with Crippen molar-refractivity contribution in [3.8, 4) is 0 Å². The zero-order valence-electron chi connectivity index (χ0n) is 15.7. The summed E-state index contributed by atoms with van der Waals surface area (Å²) in [6.07, 6.45) is 3.22. The van der Waals surface area contributed by atoms with E-state index in [9.17, 15) is 18.8 Å². The van der Waals surface area contributed by atoms with Crippen molar-refractivity contribution in [1.29, 1.82) is 0 Å². The monoisotopic (exact) mass is 386 g/mol. The van der Waals surface area contributed by atoms with Crippen molar-refractivity contribution >= 4 is 23.5 Å². The molecule has 0 atom stereocenters. The van der Waals surface area contributed by atoms with Gasteiger partial charge < -0.3 is 15.4 Å². The van der Waals surface area contributed by atoms with Crippen molar-refractivity contribution in [3.05, 3.63) is 65.5 Å². The molecule has 0 aliphatic heterocycles. The third kappa shape index (κ3) is 7.19. The molecule has 148 valence electrons. The number of hydrogen-bond acceptors (Lipinski definition) is 4. The van der Waals surface area contributed by atoms with Crippen molar-refractivity contribution in [1.82, 2.24) is 5.32 Å². The smallest absolute Gasteiger partial charge is 0.325 e. The van der Waals surface area contributed by atoms with Gasteiger partial charge in [-0.25, -0.2) is 4.39 Å². The maximum absolute atomic E-state index is 12.8. The number of carbonyl (C=O) groups excluding carboxylic acids is 3. The maximum atomic E-state index is 12.8. The number of rotatable bonds is 9. The Balaban J connectivity index is 1.69. The van der Waals surface area contributed by atoms with Gasteiger partial charge in [-0.15, -0.1) is 0 Å². The fourth-order valence-corrected chi connectivity index (χ4v) is 2.39. The predicted molar refractivity (Wildman–Crippen MR) is 103 cm³/mol. The molecule has 0 spiro atoms. The summed E-state index contributed by atoms with van der Waals surface area (Å²) < 4.78 is 17.7. The van der Waals surface area contributed by atoms with Gasteiger partial charge in [0.25, 0.3) is 11.8 Å². The number of anilines is 1. The van der Waals surface area contributed by atoms with Crippen LogP contribution in [-0.2, 0) is 20.7 Å². The van der Waals surface area contributed by atoms with Gasteiger partial charge in [-0.2, -0.15) is 0 Å². The van der Waals surface area contributed by atoms with E-state index in [0.717, 1.165) is 31.4 Å². The van der Waals surface area contributed by atoms with E-state index in [4.69, 9.17) is 4.74 Å². The Hall–Kier alpha value is -3.22. The molecule has 0 bridgehead atoms. The molecule has 0 radical (unpaired) electrons. The lowest BCUT2D eigenvalue weighted by molar-refractivity contribution is -0.146. The number of ether oxygens (including phenoxy) is 1. The molecule has 0 unspecified atom stereocenters. The van der Waals surface area contributed by atoms with E-state index in [2.05, 4.69) is 17.6 Å². The molecule has 2 amide bonds. The Kier molecular flexibility index (Phi) is 8.14. The number of hydrogen-bond donors (Lipinski definition) is 2. The van der Waals surface area contributed by atoms with E-state index in [1.54, 1.807) is 12.1 Å². The largest absolute Gasteiger partial charge is 0.454 e. The number of esters is 1. The van der Waals surface area contributed by atoms with Crippen LogP contribution in [-0.4, -0.2) is 30.9 Å². The molecule has 0 aromatic heterocycles. The molecule has 2 N–H and O–H groups in total. The lowest BCUT2D eigenvalue weighted by atomic mass is 10.1. The Labute approximate surface area is 163 Å². The minimum Gasteiger partial charge on any atom is -0.454 e. The molecule has 0 fully saturated rings. The third-order valence-corrected chi connectivity index (χ3v) is 3.92. The minimum atomic E-state index is -0.750. The Morgan fingerprint density at radius 1 is 1.00 bits per heavy atom. The average Bonchev–Trinajstić information content (AvgIpc) is 2.70. The number of halogens is 1. The molecule has 6 nitrogen and oxygen atoms in total. The fraction of sp³-hybridized carbons (Fsp3) is 0.286. The van der Waals surface area contributed by atoms with Gasteiger partial charge in [-0.05, 0) is 54.8 Å². The van der Waals surface area contributed by atoms with E-state index in [0.29, 0.717) is 5.69 Å². The molecule has 0 saturated heterocycles. The summed E-state index contributed by atoms with van der Waals surface area (Å²) >= 11 is 0. The van der Waals surface area contributed by atoms with Gasteiger partial charge in [0.15, 0.2) is 6.61 Å². The molecule has 7 heteroatoms. The van der Waals surface area contributed by atoms with Crippen molar-refractivity contribution < 1.29 is 23.5 Å². The summed E-state index contributed by atoms with van der Waals surface area (Å²) in [5, 5.41) is 4.98. The lowest BCUT2D eigenvalue weighted by Gasteiger charge is -2.08. The quantitative estimate of drug-likeness (QED) is 0.649. The van der Waals surface area contributed by atoms with Gasteiger partial charge in [0.05, 0.1) is 0 Å². The molecule has 0 saturated carbocycles. The number of aryl methyl sites for hydroxylation is 1. The molecular weight excluding hydrogens is 363 g/mol. The standard InChI is InChI=1S/C21H23FN2O4/c1-2-3-4-15-5-11-18(12-6-15)24-19(25)14-28-20(26)13-23-21(27)16-7-9-17(22)10-8-16/h5-12H,2-4,13-14H2,1H3,(H,23,27)(H,24,25). The molecule has 0 heterocycles. The first-order valence-electron chi connectivity index (χ1n) is 9.06. The van der Waals surface area contributed by atoms with Crippen LogP contribution in [0, 0.1) is 5.82 Å². The van der Waals surface area contributed by atoms with Crippen molar-refractivity contribution in [2.24, 2.45) is 0 Å². The van der Waals surface area contributed by atoms with Crippen LogP contribution in [0.5, 0.6) is 0 Å². The summed E-state index contributed by atoms with van der Waals surface area (Å²) in [6.45, 7) is 1.28. The summed E-state index contributed by atoms with van der Waals surface area (Å²) in [6, 6.07) is 12.4. The van der Waals surface area contributed by atoms with E-state index >= 15 is 0 Å². The molecule has 28 heavy (non-hydrogen) atoms. The minimum absolute atomic E-state index is 0.217. The highest BCUT2D eigenvalue weighted by Crippen LogP contribution is 2.11. The van der Waals surface area contributed by atoms with Crippen LogP contribution in [0.1, 0.15) is 35.7 Å². The number of benzene rings is 2. The van der Waals surface area contributed by atoms with Crippen molar-refractivity contribution in [3.63, 3.8) is 0 Å². The second-order valence-electron chi connectivity index (χ2n) is 6.20.